The van der Waals surface area contributed by atoms with E-state index in [1.165, 1.54) is 12.5 Å². The van der Waals surface area contributed by atoms with Crippen LogP contribution in [0, 0.1) is 29.1 Å². The number of halogens is 1. The largest absolute Gasteiger partial charge is 0.461 e. The lowest BCUT2D eigenvalue weighted by Gasteiger charge is -2.54. The van der Waals surface area contributed by atoms with Crippen molar-refractivity contribution in [2.75, 3.05) is 0 Å². The average Bonchev–Trinajstić information content (AvgIpc) is 2.85. The van der Waals surface area contributed by atoms with Crippen LogP contribution >= 0.6 is 15.9 Å². The molecule has 0 spiro atoms. The van der Waals surface area contributed by atoms with E-state index in [2.05, 4.69) is 28.9 Å². The smallest absolute Gasteiger partial charge is 0.302 e. The van der Waals surface area contributed by atoms with Gasteiger partial charge in [-0.05, 0) is 43.4 Å². The number of rotatable bonds is 1. The molecule has 2 fully saturated rings. The van der Waals surface area contributed by atoms with Gasteiger partial charge in [-0.3, -0.25) is 4.79 Å². The van der Waals surface area contributed by atoms with Crippen molar-refractivity contribution in [2.24, 2.45) is 29.1 Å². The molecule has 0 aromatic heterocycles. The molecule has 2 saturated carbocycles. The molecule has 0 saturated heterocycles. The second-order valence-corrected chi connectivity index (χ2v) is 9.69. The Labute approximate surface area is 157 Å². The molecule has 0 aromatic carbocycles. The second kappa shape index (κ2) is 6.21. The van der Waals surface area contributed by atoms with Gasteiger partial charge >= 0.3 is 5.97 Å². The molecule has 25 heavy (non-hydrogen) atoms. The quantitative estimate of drug-likeness (QED) is 0.396. The Kier molecular flexibility index (Phi) is 4.41. The van der Waals surface area contributed by atoms with Crippen molar-refractivity contribution in [1.82, 2.24) is 0 Å². The molecule has 0 bridgehead atoms. The van der Waals surface area contributed by atoms with E-state index in [1.807, 2.05) is 12.2 Å². The molecular formula is C20H27BrO4. The number of carbonyl (C=O) groups excluding carboxylic acids is 1. The van der Waals surface area contributed by atoms with E-state index in [0.29, 0.717) is 24.2 Å². The molecule has 4 aliphatic carbocycles. The number of hydrogen-bond donors (Lipinski definition) is 2. The van der Waals surface area contributed by atoms with Gasteiger partial charge in [0.2, 0.25) is 0 Å². The van der Waals surface area contributed by atoms with E-state index < -0.39 is 12.2 Å². The molecule has 2 N–H and O–H groups in total. The molecular weight excluding hydrogens is 384 g/mol. The molecule has 5 heteroatoms. The van der Waals surface area contributed by atoms with E-state index in [-0.39, 0.29) is 28.2 Å². The van der Waals surface area contributed by atoms with Crippen LogP contribution in [0.25, 0.3) is 0 Å². The Morgan fingerprint density at radius 3 is 2.80 bits per heavy atom. The zero-order valence-electron chi connectivity index (χ0n) is 14.8. The van der Waals surface area contributed by atoms with Crippen LogP contribution in [0.5, 0.6) is 0 Å². The topological polar surface area (TPSA) is 66.8 Å². The number of aliphatic hydroxyl groups excluding tert-OH is 2. The molecule has 0 radical (unpaired) electrons. The van der Waals surface area contributed by atoms with Crippen LogP contribution < -0.4 is 0 Å². The molecule has 0 heterocycles. The van der Waals surface area contributed by atoms with Crippen molar-refractivity contribution in [3.8, 4) is 0 Å². The summed E-state index contributed by atoms with van der Waals surface area (Å²) in [4.78, 5) is 11.7. The molecule has 0 amide bonds. The van der Waals surface area contributed by atoms with Gasteiger partial charge in [0.05, 0.1) is 17.0 Å². The Balaban J connectivity index is 1.66. The van der Waals surface area contributed by atoms with Gasteiger partial charge in [0.25, 0.3) is 0 Å². The van der Waals surface area contributed by atoms with Gasteiger partial charge in [0.15, 0.2) is 0 Å². The lowest BCUT2D eigenvalue weighted by molar-refractivity contribution is -0.150. The number of esters is 1. The molecule has 4 rings (SSSR count). The van der Waals surface area contributed by atoms with E-state index >= 15 is 0 Å². The first-order valence-corrected chi connectivity index (χ1v) is 10.3. The third-order valence-corrected chi connectivity index (χ3v) is 8.11. The molecule has 138 valence electrons. The minimum absolute atomic E-state index is 0.0740. The van der Waals surface area contributed by atoms with E-state index in [0.717, 1.165) is 19.3 Å². The van der Waals surface area contributed by atoms with Crippen molar-refractivity contribution in [3.63, 3.8) is 0 Å². The van der Waals surface area contributed by atoms with E-state index in [4.69, 9.17) is 4.74 Å². The fourth-order valence-corrected chi connectivity index (χ4v) is 7.10. The van der Waals surface area contributed by atoms with Crippen LogP contribution in [0.4, 0.5) is 0 Å². The number of ether oxygens (including phenoxy) is 1. The second-order valence-electron chi connectivity index (χ2n) is 8.51. The highest BCUT2D eigenvalue weighted by Crippen LogP contribution is 2.60. The van der Waals surface area contributed by atoms with Gasteiger partial charge in [-0.2, -0.15) is 0 Å². The normalized spacial score (nSPS) is 51.2. The Morgan fingerprint density at radius 2 is 2.08 bits per heavy atom. The van der Waals surface area contributed by atoms with Crippen LogP contribution in [0.3, 0.4) is 0 Å². The molecule has 4 unspecified atom stereocenters. The van der Waals surface area contributed by atoms with Crippen LogP contribution in [0.2, 0.25) is 0 Å². The maximum atomic E-state index is 11.5. The van der Waals surface area contributed by atoms with Crippen LogP contribution in [-0.2, 0) is 9.53 Å². The van der Waals surface area contributed by atoms with E-state index in [1.54, 1.807) is 0 Å². The third-order valence-electron chi connectivity index (χ3n) is 7.22. The first kappa shape index (κ1) is 17.7. The summed E-state index contributed by atoms with van der Waals surface area (Å²) >= 11 is 3.73. The maximum absolute atomic E-state index is 11.5. The van der Waals surface area contributed by atoms with Crippen molar-refractivity contribution in [3.05, 3.63) is 23.8 Å². The molecule has 0 aliphatic heterocycles. The zero-order chi connectivity index (χ0) is 17.9. The summed E-state index contributed by atoms with van der Waals surface area (Å²) in [5, 5.41) is 20.9. The molecule has 0 aromatic rings. The number of allylic oxidation sites excluding steroid dienone is 1. The number of hydrogen-bond acceptors (Lipinski definition) is 4. The van der Waals surface area contributed by atoms with Gasteiger partial charge < -0.3 is 14.9 Å². The number of aliphatic hydroxyl groups is 2. The highest BCUT2D eigenvalue weighted by molar-refractivity contribution is 9.09. The SMILES string of the molecule is CC(=O)O[C@H]1[C@H](Br)CC2C3C(O)C=C4C[C@@H](O)C=C[C@]4(C)C3CC[C@@H]21. The van der Waals surface area contributed by atoms with Crippen molar-refractivity contribution in [1.29, 1.82) is 0 Å². The third kappa shape index (κ3) is 2.74. The summed E-state index contributed by atoms with van der Waals surface area (Å²) in [5.74, 6) is 1.02. The summed E-state index contributed by atoms with van der Waals surface area (Å²) in [6, 6.07) is 0. The first-order valence-electron chi connectivity index (χ1n) is 9.39. The fourth-order valence-electron chi connectivity index (χ4n) is 6.17. The number of fused-ring (bicyclic) bond motifs is 5. The monoisotopic (exact) mass is 410 g/mol. The van der Waals surface area contributed by atoms with Crippen molar-refractivity contribution < 1.29 is 19.7 Å². The lowest BCUT2D eigenvalue weighted by atomic mass is 9.51. The highest BCUT2D eigenvalue weighted by Gasteiger charge is 2.58. The summed E-state index contributed by atoms with van der Waals surface area (Å²) in [7, 11) is 0. The predicted octanol–water partition coefficient (Wildman–Crippen LogP) is 2.97. The van der Waals surface area contributed by atoms with Crippen LogP contribution in [0.1, 0.15) is 39.5 Å². The van der Waals surface area contributed by atoms with E-state index in [9.17, 15) is 15.0 Å². The van der Waals surface area contributed by atoms with Gasteiger partial charge in [0, 0.05) is 18.3 Å². The Hall–Kier alpha value is -0.650. The summed E-state index contributed by atoms with van der Waals surface area (Å²) < 4.78 is 5.62. The zero-order valence-corrected chi connectivity index (χ0v) is 16.4. The minimum Gasteiger partial charge on any atom is -0.461 e. The maximum Gasteiger partial charge on any atom is 0.302 e. The standard InChI is InChI=1S/C20H27BrO4/c1-10(22)25-19-13-3-4-15-18(14(13)9-16(19)21)17(24)8-11-7-12(23)5-6-20(11,15)2/h5-6,8,12-19,23-24H,3-4,7,9H2,1-2H3/t12-,13-,14?,15?,16+,17?,18?,19+,20-/m0/s1. The molecule has 4 nitrogen and oxygen atoms in total. The minimum atomic E-state index is -0.477. The summed E-state index contributed by atoms with van der Waals surface area (Å²) in [6.07, 6.45) is 8.69. The van der Waals surface area contributed by atoms with Crippen LogP contribution in [0.15, 0.2) is 23.8 Å². The molecule has 9 atom stereocenters. The van der Waals surface area contributed by atoms with Crippen LogP contribution in [-0.4, -0.2) is 39.3 Å². The molecule has 4 aliphatic rings. The van der Waals surface area contributed by atoms with Crippen molar-refractivity contribution >= 4 is 21.9 Å². The Bertz CT molecular complexity index is 629. The predicted molar refractivity (Wildman–Crippen MR) is 98.0 cm³/mol. The number of alkyl halides is 1. The summed E-state index contributed by atoms with van der Waals surface area (Å²) in [6.45, 7) is 3.73. The van der Waals surface area contributed by atoms with Gasteiger partial charge in [-0.25, -0.2) is 0 Å². The van der Waals surface area contributed by atoms with Gasteiger partial charge in [0.1, 0.15) is 6.10 Å². The van der Waals surface area contributed by atoms with Gasteiger partial charge in [-0.15, -0.1) is 0 Å². The van der Waals surface area contributed by atoms with Crippen molar-refractivity contribution in [2.45, 2.75) is 62.7 Å². The average molecular weight is 411 g/mol. The first-order chi connectivity index (χ1) is 11.8. The number of carbonyl (C=O) groups is 1. The Morgan fingerprint density at radius 1 is 1.32 bits per heavy atom. The van der Waals surface area contributed by atoms with Gasteiger partial charge in [-0.1, -0.05) is 46.7 Å². The lowest BCUT2D eigenvalue weighted by Crippen LogP contribution is -2.51. The highest BCUT2D eigenvalue weighted by atomic mass is 79.9. The fraction of sp³-hybridized carbons (Fsp3) is 0.750. The summed E-state index contributed by atoms with van der Waals surface area (Å²) in [5.41, 5.74) is 1.11.